The van der Waals surface area contributed by atoms with E-state index in [0.29, 0.717) is 32.7 Å². The molecule has 2 saturated heterocycles. The first kappa shape index (κ1) is 15.5. The summed E-state index contributed by atoms with van der Waals surface area (Å²) in [6.45, 7) is 2.28. The maximum Gasteiger partial charge on any atom is 0.239 e. The number of hydrogen-bond acceptors (Lipinski definition) is 5. The minimum Gasteiger partial charge on any atom is -0.368 e. The molecule has 0 unspecified atom stereocenters. The highest BCUT2D eigenvalue weighted by atomic mass is 32.1. The van der Waals surface area contributed by atoms with Crippen LogP contribution >= 0.6 is 11.3 Å². The molecule has 3 heterocycles. The minimum absolute atomic E-state index is 0.0259. The topological polar surface area (TPSA) is 61.9 Å². The molecule has 7 heteroatoms. The number of nitrogens with one attached hydrogen (secondary N) is 1. The van der Waals surface area contributed by atoms with Gasteiger partial charge in [0.1, 0.15) is 11.6 Å². The first-order valence-electron chi connectivity index (χ1n) is 7.38. The Morgan fingerprint density at radius 2 is 2.23 bits per heavy atom. The van der Waals surface area contributed by atoms with Crippen LogP contribution in [-0.4, -0.2) is 73.6 Å². The predicted octanol–water partition coefficient (Wildman–Crippen LogP) is -0.0518. The average molecular weight is 323 g/mol. The smallest absolute Gasteiger partial charge is 0.239 e. The van der Waals surface area contributed by atoms with Gasteiger partial charge in [-0.3, -0.25) is 14.5 Å². The van der Waals surface area contributed by atoms with E-state index in [1.807, 2.05) is 33.7 Å². The molecule has 1 aromatic heterocycles. The highest BCUT2D eigenvalue weighted by Gasteiger charge is 2.50. The van der Waals surface area contributed by atoms with Gasteiger partial charge in [-0.2, -0.15) is 11.3 Å². The molecule has 120 valence electrons. The molecule has 1 spiro atoms. The van der Waals surface area contributed by atoms with Gasteiger partial charge in [0, 0.05) is 13.6 Å². The molecule has 1 atom stereocenters. The van der Waals surface area contributed by atoms with Crippen LogP contribution in [0.4, 0.5) is 0 Å². The van der Waals surface area contributed by atoms with Crippen LogP contribution < -0.4 is 5.32 Å². The van der Waals surface area contributed by atoms with Crippen LogP contribution in [0.2, 0.25) is 0 Å². The van der Waals surface area contributed by atoms with Gasteiger partial charge in [-0.1, -0.05) is 0 Å². The zero-order valence-corrected chi connectivity index (χ0v) is 13.7. The van der Waals surface area contributed by atoms with Crippen molar-refractivity contribution < 1.29 is 14.3 Å². The number of thiophene rings is 1. The summed E-state index contributed by atoms with van der Waals surface area (Å²) in [6.07, 6.45) is 0.455. The van der Waals surface area contributed by atoms with Crippen molar-refractivity contribution in [3.63, 3.8) is 0 Å². The van der Waals surface area contributed by atoms with E-state index >= 15 is 0 Å². The molecule has 2 fully saturated rings. The molecule has 0 radical (unpaired) electrons. The normalized spacial score (nSPS) is 24.1. The lowest BCUT2D eigenvalue weighted by Crippen LogP contribution is -2.73. The number of ether oxygens (including phenoxy) is 1. The first-order valence-corrected chi connectivity index (χ1v) is 8.32. The summed E-state index contributed by atoms with van der Waals surface area (Å²) in [5, 5.41) is 6.65. The lowest BCUT2D eigenvalue weighted by atomic mass is 9.90. The van der Waals surface area contributed by atoms with Crippen LogP contribution in [0.1, 0.15) is 5.56 Å². The van der Waals surface area contributed by atoms with Crippen molar-refractivity contribution in [1.29, 1.82) is 0 Å². The van der Waals surface area contributed by atoms with Crippen LogP contribution in [0.15, 0.2) is 16.8 Å². The summed E-state index contributed by atoms with van der Waals surface area (Å²) in [7, 11) is 3.56. The van der Waals surface area contributed by atoms with Crippen molar-refractivity contribution >= 4 is 23.2 Å². The fourth-order valence-corrected chi connectivity index (χ4v) is 3.80. The van der Waals surface area contributed by atoms with Crippen molar-refractivity contribution in [3.8, 4) is 0 Å². The molecule has 6 nitrogen and oxygen atoms in total. The van der Waals surface area contributed by atoms with Crippen molar-refractivity contribution in [3.05, 3.63) is 22.4 Å². The second kappa shape index (κ2) is 5.98. The fourth-order valence-electron chi connectivity index (χ4n) is 3.13. The highest BCUT2D eigenvalue weighted by molar-refractivity contribution is 7.07. The van der Waals surface area contributed by atoms with Crippen LogP contribution in [0.5, 0.6) is 0 Å². The maximum atomic E-state index is 12.2. The van der Waals surface area contributed by atoms with Gasteiger partial charge in [-0.05, 0) is 29.4 Å². The monoisotopic (exact) mass is 323 g/mol. The molecule has 2 amide bonds. The third-order valence-electron chi connectivity index (χ3n) is 4.41. The van der Waals surface area contributed by atoms with E-state index in [4.69, 9.17) is 4.74 Å². The molecule has 0 aliphatic carbocycles. The Bertz CT molecular complexity index is 554. The Morgan fingerprint density at radius 3 is 2.82 bits per heavy atom. The first-order chi connectivity index (χ1) is 10.5. The lowest BCUT2D eigenvalue weighted by Gasteiger charge is -2.54. The van der Waals surface area contributed by atoms with Crippen molar-refractivity contribution in [2.75, 3.05) is 40.3 Å². The maximum absolute atomic E-state index is 12.2. The number of carbonyl (C=O) groups is 2. The van der Waals surface area contributed by atoms with Crippen molar-refractivity contribution in [2.45, 2.75) is 18.1 Å². The summed E-state index contributed by atoms with van der Waals surface area (Å²) in [6, 6.07) is 1.74. The average Bonchev–Trinajstić information content (AvgIpc) is 2.96. The second-order valence-electron chi connectivity index (χ2n) is 6.10. The summed E-state index contributed by atoms with van der Waals surface area (Å²) < 4.78 is 5.93. The van der Waals surface area contributed by atoms with Crippen molar-refractivity contribution in [2.24, 2.45) is 0 Å². The highest BCUT2D eigenvalue weighted by Crippen LogP contribution is 2.31. The standard InChI is InChI=1S/C15H21N3O3S/c1-16-14(20)12-6-21-15(8-17(12)2)9-18(10-15)13(19)5-11-3-4-22-7-11/h3-4,7,12H,5-6,8-10H2,1-2H3,(H,16,20)/t12-/m1/s1. The van der Waals surface area contributed by atoms with E-state index in [1.165, 1.54) is 0 Å². The summed E-state index contributed by atoms with van der Waals surface area (Å²) in [4.78, 5) is 27.8. The number of likely N-dealkylation sites (tertiary alicyclic amines) is 1. The molecule has 0 saturated carbocycles. The number of morpholine rings is 1. The molecule has 3 rings (SSSR count). The summed E-state index contributed by atoms with van der Waals surface area (Å²) in [5.74, 6) is 0.116. The molecular weight excluding hydrogens is 302 g/mol. The van der Waals surface area contributed by atoms with Gasteiger partial charge in [0.25, 0.3) is 0 Å². The molecule has 0 aromatic carbocycles. The third kappa shape index (κ3) is 2.88. The van der Waals surface area contributed by atoms with Gasteiger partial charge < -0.3 is 15.0 Å². The van der Waals surface area contributed by atoms with E-state index in [0.717, 1.165) is 5.56 Å². The Labute approximate surface area is 134 Å². The fraction of sp³-hybridized carbons (Fsp3) is 0.600. The van der Waals surface area contributed by atoms with Gasteiger partial charge in [-0.25, -0.2) is 0 Å². The van der Waals surface area contributed by atoms with Gasteiger partial charge in [0.2, 0.25) is 11.8 Å². The predicted molar refractivity (Wildman–Crippen MR) is 83.8 cm³/mol. The Hall–Kier alpha value is -1.44. The van der Waals surface area contributed by atoms with Gasteiger partial charge in [-0.15, -0.1) is 0 Å². The van der Waals surface area contributed by atoms with Crippen LogP contribution in [0, 0.1) is 0 Å². The number of hydrogen-bond donors (Lipinski definition) is 1. The van der Waals surface area contributed by atoms with E-state index in [2.05, 4.69) is 5.32 Å². The zero-order chi connectivity index (χ0) is 15.7. The third-order valence-corrected chi connectivity index (χ3v) is 5.14. The number of rotatable bonds is 3. The quantitative estimate of drug-likeness (QED) is 0.847. The molecule has 1 aromatic rings. The molecule has 1 N–H and O–H groups in total. The minimum atomic E-state index is -0.302. The van der Waals surface area contributed by atoms with Crippen molar-refractivity contribution in [1.82, 2.24) is 15.1 Å². The molecular formula is C15H21N3O3S. The van der Waals surface area contributed by atoms with Crippen LogP contribution in [0.3, 0.4) is 0 Å². The molecule has 2 aliphatic rings. The molecule has 2 aliphatic heterocycles. The lowest BCUT2D eigenvalue weighted by molar-refractivity contribution is -0.200. The summed E-state index contributed by atoms with van der Waals surface area (Å²) in [5.41, 5.74) is 0.765. The largest absolute Gasteiger partial charge is 0.368 e. The number of carbonyl (C=O) groups excluding carboxylic acids is 2. The molecule has 22 heavy (non-hydrogen) atoms. The SMILES string of the molecule is CNC(=O)[C@H]1COC2(CN(C(=O)Cc3ccsc3)C2)CN1C. The zero-order valence-electron chi connectivity index (χ0n) is 12.9. The molecule has 0 bridgehead atoms. The van der Waals surface area contributed by atoms with E-state index in [-0.39, 0.29) is 23.5 Å². The second-order valence-corrected chi connectivity index (χ2v) is 6.88. The number of likely N-dealkylation sites (N-methyl/N-ethyl adjacent to an activating group) is 2. The van der Waals surface area contributed by atoms with E-state index in [1.54, 1.807) is 18.4 Å². The Balaban J connectivity index is 1.52. The van der Waals surface area contributed by atoms with Gasteiger partial charge in [0.15, 0.2) is 0 Å². The van der Waals surface area contributed by atoms with E-state index in [9.17, 15) is 9.59 Å². The number of amides is 2. The van der Waals surface area contributed by atoms with Crippen LogP contribution in [0.25, 0.3) is 0 Å². The van der Waals surface area contributed by atoms with Gasteiger partial charge in [0.05, 0.1) is 26.1 Å². The van der Waals surface area contributed by atoms with Gasteiger partial charge >= 0.3 is 0 Å². The van der Waals surface area contributed by atoms with Crippen LogP contribution in [-0.2, 0) is 20.7 Å². The number of nitrogens with zero attached hydrogens (tertiary/aromatic N) is 2. The Morgan fingerprint density at radius 1 is 1.45 bits per heavy atom. The van der Waals surface area contributed by atoms with E-state index < -0.39 is 0 Å². The Kier molecular flexibility index (Phi) is 4.20. The summed E-state index contributed by atoms with van der Waals surface area (Å²) >= 11 is 1.61.